The molecule has 32 heavy (non-hydrogen) atoms. The van der Waals surface area contributed by atoms with Crippen LogP contribution in [-0.4, -0.2) is 57.7 Å². The minimum absolute atomic E-state index is 0.00547. The molecule has 172 valence electrons. The fourth-order valence-electron chi connectivity index (χ4n) is 2.44. The number of rotatable bonds is 10. The third-order valence-corrected chi connectivity index (χ3v) is 6.49. The van der Waals surface area contributed by atoms with E-state index in [1.165, 1.54) is 32.3 Å². The third kappa shape index (κ3) is 6.78. The summed E-state index contributed by atoms with van der Waals surface area (Å²) in [6, 6.07) is 10.3. The summed E-state index contributed by atoms with van der Waals surface area (Å²) in [4.78, 5) is 35.3. The number of benzene rings is 2. The van der Waals surface area contributed by atoms with Crippen molar-refractivity contribution in [1.82, 2.24) is 4.31 Å². The molecule has 0 unspecified atom stereocenters. The summed E-state index contributed by atoms with van der Waals surface area (Å²) in [5.41, 5.74) is 0.719. The fourth-order valence-corrected chi connectivity index (χ4v) is 3.84. The van der Waals surface area contributed by atoms with Crippen LogP contribution in [0.1, 0.15) is 23.7 Å². The summed E-state index contributed by atoms with van der Waals surface area (Å²) in [6.07, 6.45) is 0.386. The van der Waals surface area contributed by atoms with Gasteiger partial charge in [0.25, 0.3) is 5.91 Å². The van der Waals surface area contributed by atoms with E-state index in [-0.39, 0.29) is 21.4 Å². The number of ketones is 1. The lowest BCUT2D eigenvalue weighted by molar-refractivity contribution is -0.149. The second kappa shape index (κ2) is 11.1. The van der Waals surface area contributed by atoms with Crippen LogP contribution < -0.4 is 10.1 Å². The summed E-state index contributed by atoms with van der Waals surface area (Å²) < 4.78 is 35.7. The Morgan fingerprint density at radius 1 is 1.03 bits per heavy atom. The van der Waals surface area contributed by atoms with Gasteiger partial charge in [-0.25, -0.2) is 17.5 Å². The molecular formula is C21H23ClN2O7S. The Hall–Kier alpha value is -2.95. The minimum atomic E-state index is -3.80. The van der Waals surface area contributed by atoms with E-state index in [1.807, 2.05) is 0 Å². The molecular weight excluding hydrogens is 460 g/mol. The molecule has 0 saturated heterocycles. The van der Waals surface area contributed by atoms with Gasteiger partial charge in [-0.2, -0.15) is 0 Å². The van der Waals surface area contributed by atoms with E-state index in [9.17, 15) is 22.8 Å². The first-order valence-electron chi connectivity index (χ1n) is 9.48. The van der Waals surface area contributed by atoms with Crippen LogP contribution in [0.5, 0.6) is 5.75 Å². The lowest BCUT2D eigenvalue weighted by Gasteiger charge is -2.14. The molecule has 0 spiro atoms. The number of carbonyl (C=O) groups excluding carboxylic acids is 3. The van der Waals surface area contributed by atoms with Crippen molar-refractivity contribution in [2.75, 3.05) is 32.6 Å². The van der Waals surface area contributed by atoms with Crippen LogP contribution in [0.4, 0.5) is 5.69 Å². The number of hydrogen-bond donors (Lipinski definition) is 1. The van der Waals surface area contributed by atoms with Crippen molar-refractivity contribution in [2.45, 2.75) is 18.2 Å². The smallest absolute Gasteiger partial charge is 0.344 e. The zero-order valence-electron chi connectivity index (χ0n) is 17.8. The molecule has 0 bridgehead atoms. The van der Waals surface area contributed by atoms with E-state index in [2.05, 4.69) is 5.32 Å². The fraction of sp³-hybridized carbons (Fsp3) is 0.286. The maximum absolute atomic E-state index is 12.3. The molecule has 1 amide bonds. The maximum atomic E-state index is 12.3. The Labute approximate surface area is 191 Å². The number of anilines is 1. The van der Waals surface area contributed by atoms with Crippen LogP contribution in [0, 0.1) is 0 Å². The lowest BCUT2D eigenvalue weighted by Crippen LogP contribution is -2.24. The number of halogens is 1. The molecule has 0 aliphatic heterocycles. The van der Waals surface area contributed by atoms with E-state index < -0.39 is 35.1 Å². The van der Waals surface area contributed by atoms with E-state index in [4.69, 9.17) is 21.1 Å². The monoisotopic (exact) mass is 482 g/mol. The Morgan fingerprint density at radius 2 is 1.69 bits per heavy atom. The molecule has 9 nitrogen and oxygen atoms in total. The number of ether oxygens (including phenoxy) is 2. The average Bonchev–Trinajstić information content (AvgIpc) is 2.77. The van der Waals surface area contributed by atoms with Crippen molar-refractivity contribution in [3.05, 3.63) is 53.1 Å². The van der Waals surface area contributed by atoms with E-state index in [0.717, 1.165) is 4.31 Å². The zero-order chi connectivity index (χ0) is 23.9. The second-order valence-electron chi connectivity index (χ2n) is 6.73. The zero-order valence-corrected chi connectivity index (χ0v) is 19.3. The Bertz CT molecular complexity index is 1100. The van der Waals surface area contributed by atoms with E-state index in [1.54, 1.807) is 31.2 Å². The highest BCUT2D eigenvalue weighted by Crippen LogP contribution is 2.26. The van der Waals surface area contributed by atoms with Gasteiger partial charge in [-0.1, -0.05) is 18.5 Å². The van der Waals surface area contributed by atoms with Gasteiger partial charge >= 0.3 is 5.97 Å². The molecule has 2 aromatic carbocycles. The number of Topliss-reactive ketones (excluding diaryl/α,β-unsaturated/α-hetero) is 1. The van der Waals surface area contributed by atoms with Crippen LogP contribution in [-0.2, 0) is 24.3 Å². The first-order valence-corrected chi connectivity index (χ1v) is 11.3. The number of nitrogens with zero attached hydrogens (tertiary/aromatic N) is 1. The molecule has 0 aliphatic rings. The van der Waals surface area contributed by atoms with Crippen molar-refractivity contribution in [2.24, 2.45) is 0 Å². The van der Waals surface area contributed by atoms with Gasteiger partial charge in [0.1, 0.15) is 10.6 Å². The molecule has 0 saturated carbocycles. The van der Waals surface area contributed by atoms with Gasteiger partial charge in [0.15, 0.2) is 19.0 Å². The molecule has 2 aromatic rings. The summed E-state index contributed by atoms with van der Waals surface area (Å²) in [5, 5.41) is 2.45. The van der Waals surface area contributed by atoms with E-state index >= 15 is 0 Å². The third-order valence-electron chi connectivity index (χ3n) is 4.19. The van der Waals surface area contributed by atoms with Crippen LogP contribution in [0.15, 0.2) is 47.4 Å². The Balaban J connectivity index is 1.86. The molecule has 0 heterocycles. The van der Waals surface area contributed by atoms with Crippen molar-refractivity contribution in [3.8, 4) is 5.75 Å². The van der Waals surface area contributed by atoms with Crippen molar-refractivity contribution < 1.29 is 32.3 Å². The lowest BCUT2D eigenvalue weighted by atomic mass is 10.1. The number of nitrogens with one attached hydrogen (secondary N) is 1. The summed E-state index contributed by atoms with van der Waals surface area (Å²) in [5.74, 6) is -1.08. The Morgan fingerprint density at radius 3 is 2.28 bits per heavy atom. The van der Waals surface area contributed by atoms with Gasteiger partial charge in [-0.15, -0.1) is 0 Å². The van der Waals surface area contributed by atoms with Crippen molar-refractivity contribution >= 4 is 45.0 Å². The average molecular weight is 483 g/mol. The van der Waals surface area contributed by atoms with Gasteiger partial charge in [-0.05, 0) is 42.5 Å². The van der Waals surface area contributed by atoms with Crippen molar-refractivity contribution in [3.63, 3.8) is 0 Å². The molecule has 0 aliphatic carbocycles. The molecule has 0 aromatic heterocycles. The molecule has 11 heteroatoms. The summed E-state index contributed by atoms with van der Waals surface area (Å²) in [7, 11) is -1.09. The predicted molar refractivity (Wildman–Crippen MR) is 118 cm³/mol. The van der Waals surface area contributed by atoms with E-state index in [0.29, 0.717) is 17.7 Å². The Kier molecular flexibility index (Phi) is 8.76. The number of carbonyl (C=O) groups is 3. The van der Waals surface area contributed by atoms with Crippen molar-refractivity contribution in [1.29, 1.82) is 0 Å². The molecule has 0 fully saturated rings. The topological polar surface area (TPSA) is 119 Å². The van der Waals surface area contributed by atoms with Gasteiger partial charge in [-0.3, -0.25) is 9.59 Å². The van der Waals surface area contributed by atoms with Gasteiger partial charge in [0.05, 0.1) is 5.02 Å². The van der Waals surface area contributed by atoms with Gasteiger partial charge < -0.3 is 14.8 Å². The molecule has 0 radical (unpaired) electrons. The van der Waals surface area contributed by atoms with Crippen LogP contribution >= 0.6 is 11.6 Å². The summed E-state index contributed by atoms with van der Waals surface area (Å²) >= 11 is 5.96. The summed E-state index contributed by atoms with van der Waals surface area (Å²) in [6.45, 7) is 0.738. The SMILES string of the molecule is CCC(=O)c1ccc(OCC(=O)OCC(=O)Nc2ccc(Cl)c(S(=O)(=O)N(C)C)c2)cc1. The van der Waals surface area contributed by atoms with Gasteiger partial charge in [0, 0.05) is 31.8 Å². The van der Waals surface area contributed by atoms with Crippen LogP contribution in [0.25, 0.3) is 0 Å². The largest absolute Gasteiger partial charge is 0.482 e. The first-order chi connectivity index (χ1) is 15.0. The number of esters is 1. The normalized spacial score (nSPS) is 11.2. The van der Waals surface area contributed by atoms with Crippen LogP contribution in [0.3, 0.4) is 0 Å². The molecule has 2 rings (SSSR count). The highest BCUT2D eigenvalue weighted by Gasteiger charge is 2.21. The minimum Gasteiger partial charge on any atom is -0.482 e. The standard InChI is InChI=1S/C21H23ClN2O7S/c1-4-18(25)14-5-8-16(9-6-14)30-13-21(27)31-12-20(26)23-15-7-10-17(22)19(11-15)32(28,29)24(2)3/h5-11H,4,12-13H2,1-3H3,(H,23,26). The maximum Gasteiger partial charge on any atom is 0.344 e. The quantitative estimate of drug-likeness (QED) is 0.408. The molecule has 1 N–H and O–H groups in total. The van der Waals surface area contributed by atoms with Crippen LogP contribution in [0.2, 0.25) is 5.02 Å². The van der Waals surface area contributed by atoms with Gasteiger partial charge in [0.2, 0.25) is 10.0 Å². The highest BCUT2D eigenvalue weighted by atomic mass is 35.5. The molecule has 0 atom stereocenters. The number of amides is 1. The first kappa shape index (κ1) is 25.3. The predicted octanol–water partition coefficient (Wildman–Crippen LogP) is 2.74. The highest BCUT2D eigenvalue weighted by molar-refractivity contribution is 7.89. The second-order valence-corrected chi connectivity index (χ2v) is 9.26. The number of sulfonamides is 1. The number of hydrogen-bond acceptors (Lipinski definition) is 7.